The molecule has 2 aromatic rings. The molecule has 1 N–H and O–H groups in total. The summed E-state index contributed by atoms with van der Waals surface area (Å²) >= 11 is 0. The van der Waals surface area contributed by atoms with Crippen molar-refractivity contribution < 1.29 is 14.0 Å². The zero-order chi connectivity index (χ0) is 13.1. The summed E-state index contributed by atoms with van der Waals surface area (Å²) in [6.07, 6.45) is -0.152. The van der Waals surface area contributed by atoms with Gasteiger partial charge in [0.1, 0.15) is 11.9 Å². The first-order chi connectivity index (χ1) is 9.38. The molecule has 1 aromatic heterocycles. The minimum atomic E-state index is -0.152. The summed E-state index contributed by atoms with van der Waals surface area (Å²) in [6.45, 7) is 2.21. The van der Waals surface area contributed by atoms with Gasteiger partial charge in [-0.2, -0.15) is 4.98 Å². The Hall–Kier alpha value is -1.92. The van der Waals surface area contributed by atoms with Gasteiger partial charge in [-0.05, 0) is 12.1 Å². The van der Waals surface area contributed by atoms with Gasteiger partial charge in [0.25, 0.3) is 5.89 Å². The lowest BCUT2D eigenvalue weighted by Gasteiger charge is -2.20. The fourth-order valence-corrected chi connectivity index (χ4v) is 2.03. The lowest BCUT2D eigenvalue weighted by molar-refractivity contribution is 0.0208. The Kier molecular flexibility index (Phi) is 3.43. The summed E-state index contributed by atoms with van der Waals surface area (Å²) in [4.78, 5) is 4.39. The van der Waals surface area contributed by atoms with E-state index in [1.54, 1.807) is 7.11 Å². The van der Waals surface area contributed by atoms with Crippen molar-refractivity contribution in [2.75, 3.05) is 26.8 Å². The molecular weight excluding hydrogens is 246 g/mol. The summed E-state index contributed by atoms with van der Waals surface area (Å²) in [7, 11) is 1.62. The number of nitrogens with zero attached hydrogens (tertiary/aromatic N) is 2. The van der Waals surface area contributed by atoms with Crippen molar-refractivity contribution in [2.45, 2.75) is 6.10 Å². The second-order valence-electron chi connectivity index (χ2n) is 4.22. The number of hydrogen-bond donors (Lipinski definition) is 1. The van der Waals surface area contributed by atoms with Crippen LogP contribution in [0.3, 0.4) is 0 Å². The fourth-order valence-electron chi connectivity index (χ4n) is 2.03. The van der Waals surface area contributed by atoms with E-state index in [0.717, 1.165) is 12.1 Å². The maximum atomic E-state index is 5.59. The van der Waals surface area contributed by atoms with Crippen LogP contribution in [0.15, 0.2) is 28.8 Å². The molecule has 1 fully saturated rings. The Balaban J connectivity index is 1.88. The summed E-state index contributed by atoms with van der Waals surface area (Å²) in [5, 5.41) is 7.22. The van der Waals surface area contributed by atoms with Gasteiger partial charge in [-0.3, -0.25) is 0 Å². The Labute approximate surface area is 110 Å². The molecule has 19 heavy (non-hydrogen) atoms. The van der Waals surface area contributed by atoms with E-state index in [2.05, 4.69) is 15.5 Å². The molecule has 0 aliphatic carbocycles. The molecule has 0 amide bonds. The lowest BCUT2D eigenvalue weighted by atomic mass is 10.2. The maximum Gasteiger partial charge on any atom is 0.261 e. The van der Waals surface area contributed by atoms with E-state index in [0.29, 0.717) is 30.6 Å². The Morgan fingerprint density at radius 1 is 1.37 bits per heavy atom. The molecule has 6 heteroatoms. The van der Waals surface area contributed by atoms with E-state index in [1.807, 2.05) is 24.3 Å². The number of aromatic nitrogens is 2. The van der Waals surface area contributed by atoms with Gasteiger partial charge in [0.2, 0.25) is 5.82 Å². The zero-order valence-electron chi connectivity index (χ0n) is 10.6. The molecule has 100 valence electrons. The van der Waals surface area contributed by atoms with Crippen LogP contribution in [0.5, 0.6) is 5.75 Å². The van der Waals surface area contributed by atoms with Crippen LogP contribution in [0.25, 0.3) is 11.5 Å². The molecule has 1 atom stereocenters. The number of para-hydroxylation sites is 1. The summed E-state index contributed by atoms with van der Waals surface area (Å²) in [5.74, 6) is 1.72. The van der Waals surface area contributed by atoms with Crippen LogP contribution in [-0.4, -0.2) is 36.9 Å². The molecule has 2 heterocycles. The van der Waals surface area contributed by atoms with Crippen LogP contribution in [0.2, 0.25) is 0 Å². The van der Waals surface area contributed by atoms with Gasteiger partial charge in [0.15, 0.2) is 0 Å². The van der Waals surface area contributed by atoms with Gasteiger partial charge in [0.05, 0.1) is 19.3 Å². The average molecular weight is 261 g/mol. The highest BCUT2D eigenvalue weighted by atomic mass is 16.5. The van der Waals surface area contributed by atoms with Crippen LogP contribution in [-0.2, 0) is 4.74 Å². The van der Waals surface area contributed by atoms with E-state index in [4.69, 9.17) is 14.0 Å². The number of rotatable bonds is 3. The highest BCUT2D eigenvalue weighted by Gasteiger charge is 2.22. The third-order valence-electron chi connectivity index (χ3n) is 2.99. The van der Waals surface area contributed by atoms with Crippen LogP contribution in [0.4, 0.5) is 0 Å². The molecule has 0 spiro atoms. The minimum Gasteiger partial charge on any atom is -0.496 e. The molecule has 0 bridgehead atoms. The quantitative estimate of drug-likeness (QED) is 0.900. The van der Waals surface area contributed by atoms with Crippen LogP contribution >= 0.6 is 0 Å². The summed E-state index contributed by atoms with van der Waals surface area (Å²) < 4.78 is 16.2. The standard InChI is InChI=1S/C13H15N3O3/c1-17-10-5-3-2-4-9(10)13-15-12(16-19-13)11-8-14-6-7-18-11/h2-5,11,14H,6-8H2,1H3. The van der Waals surface area contributed by atoms with Crippen molar-refractivity contribution in [3.05, 3.63) is 30.1 Å². The molecule has 1 aliphatic heterocycles. The molecule has 1 unspecified atom stereocenters. The molecule has 1 aromatic carbocycles. The Morgan fingerprint density at radius 2 is 2.26 bits per heavy atom. The van der Waals surface area contributed by atoms with Gasteiger partial charge in [-0.15, -0.1) is 0 Å². The minimum absolute atomic E-state index is 0.152. The van der Waals surface area contributed by atoms with Crippen molar-refractivity contribution in [2.24, 2.45) is 0 Å². The van der Waals surface area contributed by atoms with E-state index in [1.165, 1.54) is 0 Å². The number of benzene rings is 1. The van der Waals surface area contributed by atoms with Crippen LogP contribution in [0, 0.1) is 0 Å². The van der Waals surface area contributed by atoms with Crippen LogP contribution < -0.4 is 10.1 Å². The normalized spacial score (nSPS) is 19.3. The smallest absolute Gasteiger partial charge is 0.261 e. The number of methoxy groups -OCH3 is 1. The first-order valence-corrected chi connectivity index (χ1v) is 6.18. The number of ether oxygens (including phenoxy) is 2. The summed E-state index contributed by atoms with van der Waals surface area (Å²) in [6, 6.07) is 7.54. The third-order valence-corrected chi connectivity index (χ3v) is 2.99. The topological polar surface area (TPSA) is 69.4 Å². The second-order valence-corrected chi connectivity index (χ2v) is 4.22. The molecule has 6 nitrogen and oxygen atoms in total. The van der Waals surface area contributed by atoms with Gasteiger partial charge in [-0.1, -0.05) is 17.3 Å². The molecular formula is C13H15N3O3. The molecule has 0 saturated carbocycles. The first-order valence-electron chi connectivity index (χ1n) is 6.18. The molecule has 1 saturated heterocycles. The predicted molar refractivity (Wildman–Crippen MR) is 67.8 cm³/mol. The average Bonchev–Trinajstić information content (AvgIpc) is 2.98. The summed E-state index contributed by atoms with van der Waals surface area (Å²) in [5.41, 5.74) is 0.785. The largest absolute Gasteiger partial charge is 0.496 e. The Morgan fingerprint density at radius 3 is 3.05 bits per heavy atom. The van der Waals surface area contributed by atoms with Crippen molar-refractivity contribution >= 4 is 0 Å². The SMILES string of the molecule is COc1ccccc1-c1nc(C2CNCCO2)no1. The van der Waals surface area contributed by atoms with Gasteiger partial charge >= 0.3 is 0 Å². The molecule has 3 rings (SSSR count). The maximum absolute atomic E-state index is 5.59. The predicted octanol–water partition coefficient (Wildman–Crippen LogP) is 1.41. The number of hydrogen-bond acceptors (Lipinski definition) is 6. The van der Waals surface area contributed by atoms with E-state index in [-0.39, 0.29) is 6.10 Å². The van der Waals surface area contributed by atoms with Crippen molar-refractivity contribution in [1.82, 2.24) is 15.5 Å². The van der Waals surface area contributed by atoms with Crippen molar-refractivity contribution in [3.63, 3.8) is 0 Å². The highest BCUT2D eigenvalue weighted by Crippen LogP contribution is 2.29. The highest BCUT2D eigenvalue weighted by molar-refractivity contribution is 5.62. The number of nitrogens with one attached hydrogen (secondary N) is 1. The van der Waals surface area contributed by atoms with E-state index >= 15 is 0 Å². The monoisotopic (exact) mass is 261 g/mol. The number of morpholine rings is 1. The van der Waals surface area contributed by atoms with Crippen molar-refractivity contribution in [3.8, 4) is 17.2 Å². The molecule has 0 radical (unpaired) electrons. The van der Waals surface area contributed by atoms with Crippen LogP contribution in [0.1, 0.15) is 11.9 Å². The van der Waals surface area contributed by atoms with Gasteiger partial charge < -0.3 is 19.3 Å². The Bertz CT molecular complexity index is 550. The molecule has 1 aliphatic rings. The lowest BCUT2D eigenvalue weighted by Crippen LogP contribution is -2.33. The van der Waals surface area contributed by atoms with E-state index in [9.17, 15) is 0 Å². The van der Waals surface area contributed by atoms with E-state index < -0.39 is 0 Å². The van der Waals surface area contributed by atoms with Gasteiger partial charge in [0, 0.05) is 13.1 Å². The fraction of sp³-hybridized carbons (Fsp3) is 0.385. The third kappa shape index (κ3) is 2.45. The first kappa shape index (κ1) is 12.1. The second kappa shape index (κ2) is 5.38. The zero-order valence-corrected chi connectivity index (χ0v) is 10.6. The van der Waals surface area contributed by atoms with Crippen molar-refractivity contribution in [1.29, 1.82) is 0 Å². The van der Waals surface area contributed by atoms with Gasteiger partial charge in [-0.25, -0.2) is 0 Å².